The molecule has 1 saturated heterocycles. The normalized spacial score (nSPS) is 20.8. The van der Waals surface area contributed by atoms with Crippen molar-refractivity contribution < 1.29 is 28.6 Å². The van der Waals surface area contributed by atoms with E-state index in [0.717, 1.165) is 5.56 Å². The minimum Gasteiger partial charge on any atom is -0.497 e. The third-order valence-electron chi connectivity index (χ3n) is 6.96. The molecule has 0 saturated carbocycles. The molecule has 4 atom stereocenters. The Labute approximate surface area is 233 Å². The number of piperidine rings is 1. The van der Waals surface area contributed by atoms with Gasteiger partial charge in [0, 0.05) is 11.6 Å². The van der Waals surface area contributed by atoms with Gasteiger partial charge in [-0.3, -0.25) is 14.5 Å². The molecule has 0 radical (unpaired) electrons. The number of anilines is 1. The summed E-state index contributed by atoms with van der Waals surface area (Å²) in [5.74, 6) is -2.44. The molecule has 1 amide bonds. The molecule has 9 heteroatoms. The average Bonchev–Trinajstić information content (AvgIpc) is 2.99. The molecule has 1 aliphatic rings. The summed E-state index contributed by atoms with van der Waals surface area (Å²) in [6, 6.07) is 23.8. The van der Waals surface area contributed by atoms with Gasteiger partial charge in [0.25, 0.3) is 0 Å². The van der Waals surface area contributed by atoms with Gasteiger partial charge in [-0.05, 0) is 55.3 Å². The van der Waals surface area contributed by atoms with Crippen LogP contribution in [0.25, 0.3) is 0 Å². The first kappa shape index (κ1) is 28.5. The van der Waals surface area contributed by atoms with Crippen LogP contribution in [0.2, 0.25) is 0 Å². The van der Waals surface area contributed by atoms with Gasteiger partial charge in [-0.15, -0.1) is 0 Å². The van der Waals surface area contributed by atoms with Crippen LogP contribution in [0.4, 0.5) is 11.4 Å². The summed E-state index contributed by atoms with van der Waals surface area (Å²) in [6.07, 6.45) is 0.168. The second-order valence-corrected chi connectivity index (χ2v) is 9.39. The monoisotopic (exact) mass is 543 g/mol. The third kappa shape index (κ3) is 6.54. The molecular formula is C31H33N3O6. The number of esters is 2. The van der Waals surface area contributed by atoms with Crippen molar-refractivity contribution in [1.29, 1.82) is 0 Å². The molecule has 0 N–H and O–H groups in total. The molecule has 3 aromatic rings. The van der Waals surface area contributed by atoms with Crippen LogP contribution in [0.5, 0.6) is 5.75 Å². The minimum absolute atomic E-state index is 0.139. The van der Waals surface area contributed by atoms with Crippen molar-refractivity contribution in [1.82, 2.24) is 0 Å². The molecule has 1 fully saturated rings. The number of azo groups is 1. The Bertz CT molecular complexity index is 1310. The lowest BCUT2D eigenvalue weighted by Gasteiger charge is -2.45. The van der Waals surface area contributed by atoms with Gasteiger partial charge in [-0.1, -0.05) is 48.5 Å². The van der Waals surface area contributed by atoms with Gasteiger partial charge >= 0.3 is 11.9 Å². The Hall–Kier alpha value is -4.53. The van der Waals surface area contributed by atoms with Crippen LogP contribution in [-0.4, -0.2) is 50.8 Å². The zero-order valence-electron chi connectivity index (χ0n) is 22.8. The maximum absolute atomic E-state index is 14.2. The quantitative estimate of drug-likeness (QED) is 0.258. The first-order valence-corrected chi connectivity index (χ1v) is 13.2. The smallest absolute Gasteiger partial charge is 0.329 e. The van der Waals surface area contributed by atoms with Gasteiger partial charge in [0.2, 0.25) is 5.91 Å². The average molecular weight is 544 g/mol. The van der Waals surface area contributed by atoms with Crippen LogP contribution in [0.15, 0.2) is 95.2 Å². The Morgan fingerprint density at radius 2 is 1.55 bits per heavy atom. The van der Waals surface area contributed by atoms with Gasteiger partial charge < -0.3 is 14.2 Å². The van der Waals surface area contributed by atoms with E-state index in [1.54, 1.807) is 50.4 Å². The lowest BCUT2D eigenvalue weighted by molar-refractivity contribution is -0.151. The Kier molecular flexibility index (Phi) is 9.62. The van der Waals surface area contributed by atoms with Crippen LogP contribution in [0.3, 0.4) is 0 Å². The van der Waals surface area contributed by atoms with Crippen LogP contribution in [0.1, 0.15) is 18.9 Å². The highest BCUT2D eigenvalue weighted by molar-refractivity contribution is 6.03. The topological polar surface area (TPSA) is 107 Å². The lowest BCUT2D eigenvalue weighted by atomic mass is 9.73. The molecular weight excluding hydrogens is 510 g/mol. The Balaban J connectivity index is 1.89. The molecule has 4 rings (SSSR count). The second kappa shape index (κ2) is 13.5. The van der Waals surface area contributed by atoms with Crippen LogP contribution in [0, 0.1) is 11.8 Å². The van der Waals surface area contributed by atoms with Gasteiger partial charge in [0.1, 0.15) is 11.8 Å². The van der Waals surface area contributed by atoms with E-state index in [4.69, 9.17) is 14.2 Å². The van der Waals surface area contributed by atoms with Crippen molar-refractivity contribution in [2.24, 2.45) is 22.1 Å². The molecule has 1 aliphatic heterocycles. The molecule has 0 aromatic heterocycles. The van der Waals surface area contributed by atoms with Gasteiger partial charge in [-0.25, -0.2) is 4.79 Å². The highest BCUT2D eigenvalue weighted by Crippen LogP contribution is 2.40. The molecule has 3 aromatic carbocycles. The maximum Gasteiger partial charge on any atom is 0.329 e. The van der Waals surface area contributed by atoms with Crippen LogP contribution >= 0.6 is 0 Å². The zero-order chi connectivity index (χ0) is 28.5. The summed E-state index contributed by atoms with van der Waals surface area (Å²) in [7, 11) is 2.83. The van der Waals surface area contributed by atoms with Crippen molar-refractivity contribution in [2.75, 3.05) is 25.7 Å². The number of carbonyl (C=O) groups excluding carboxylic acids is 3. The summed E-state index contributed by atoms with van der Waals surface area (Å²) in [6.45, 7) is 1.86. The number of ether oxygens (including phenoxy) is 3. The van der Waals surface area contributed by atoms with E-state index in [2.05, 4.69) is 10.2 Å². The number of amides is 1. The summed E-state index contributed by atoms with van der Waals surface area (Å²) in [5, 5.41) is 9.07. The van der Waals surface area contributed by atoms with E-state index in [0.29, 0.717) is 23.5 Å². The molecule has 0 spiro atoms. The Morgan fingerprint density at radius 3 is 2.15 bits per heavy atom. The predicted octanol–water partition coefficient (Wildman–Crippen LogP) is 5.16. The molecule has 1 heterocycles. The van der Waals surface area contributed by atoms with E-state index >= 15 is 0 Å². The summed E-state index contributed by atoms with van der Waals surface area (Å²) >= 11 is 0. The van der Waals surface area contributed by atoms with Gasteiger partial charge in [0.05, 0.1) is 44.9 Å². The highest BCUT2D eigenvalue weighted by Gasteiger charge is 2.53. The molecule has 208 valence electrons. The van der Waals surface area contributed by atoms with Crippen molar-refractivity contribution in [3.63, 3.8) is 0 Å². The van der Waals surface area contributed by atoms with E-state index in [9.17, 15) is 14.4 Å². The number of carbonyl (C=O) groups is 3. The van der Waals surface area contributed by atoms with Crippen molar-refractivity contribution in [3.05, 3.63) is 90.5 Å². The molecule has 9 nitrogen and oxygen atoms in total. The van der Waals surface area contributed by atoms with Gasteiger partial charge in [0.15, 0.2) is 0 Å². The number of nitrogens with zero attached hydrogens (tertiary/aromatic N) is 3. The first-order chi connectivity index (χ1) is 19.5. The second-order valence-electron chi connectivity index (χ2n) is 9.39. The molecule has 0 bridgehead atoms. The van der Waals surface area contributed by atoms with E-state index in [1.807, 2.05) is 48.5 Å². The van der Waals surface area contributed by atoms with E-state index in [-0.39, 0.29) is 13.0 Å². The fraction of sp³-hybridized carbons (Fsp3) is 0.323. The fourth-order valence-corrected chi connectivity index (χ4v) is 5.06. The van der Waals surface area contributed by atoms with Crippen molar-refractivity contribution in [3.8, 4) is 5.75 Å². The Morgan fingerprint density at radius 1 is 0.900 bits per heavy atom. The fourth-order valence-electron chi connectivity index (χ4n) is 5.06. The first-order valence-electron chi connectivity index (χ1n) is 13.2. The SMILES string of the molecule is CCOC(=O)[C@@H]1[C@H](Cc2ccccc2)[C@@H](N=Nc2ccccc2)[C@@H](CC(=O)OC)C(=O)N1c1ccc(OC)cc1. The molecule has 0 unspecified atom stereocenters. The number of rotatable bonds is 10. The maximum atomic E-state index is 14.2. The van der Waals surface area contributed by atoms with Gasteiger partial charge in [-0.2, -0.15) is 10.2 Å². The minimum atomic E-state index is -1.02. The third-order valence-corrected chi connectivity index (χ3v) is 6.96. The summed E-state index contributed by atoms with van der Waals surface area (Å²) in [4.78, 5) is 41.9. The van der Waals surface area contributed by atoms with E-state index < -0.39 is 41.8 Å². The molecule has 40 heavy (non-hydrogen) atoms. The van der Waals surface area contributed by atoms with Crippen molar-refractivity contribution >= 4 is 29.2 Å². The van der Waals surface area contributed by atoms with E-state index in [1.165, 1.54) is 12.0 Å². The summed E-state index contributed by atoms with van der Waals surface area (Å²) in [5.41, 5.74) is 2.02. The number of methoxy groups -OCH3 is 2. The van der Waals surface area contributed by atoms with Crippen molar-refractivity contribution in [2.45, 2.75) is 31.8 Å². The standard InChI is InChI=1S/C31H33N3O6/c1-4-40-31(37)29-25(19-21-11-7-5-8-12-21)28(33-32-22-13-9-6-10-14-22)26(20-27(35)39-3)30(36)34(29)23-15-17-24(38-2)18-16-23/h5-18,25-26,28-29H,4,19-20H2,1-3H3/t25-,26-,28-,29+/m1/s1. The number of hydrogen-bond donors (Lipinski definition) is 0. The largest absolute Gasteiger partial charge is 0.497 e. The highest BCUT2D eigenvalue weighted by atomic mass is 16.5. The van der Waals surface area contributed by atoms with Crippen LogP contribution in [-0.2, 0) is 30.3 Å². The lowest BCUT2D eigenvalue weighted by Crippen LogP contribution is -2.63. The molecule has 0 aliphatic carbocycles. The zero-order valence-corrected chi connectivity index (χ0v) is 22.8. The summed E-state index contributed by atoms with van der Waals surface area (Å²) < 4.78 is 15.8. The predicted molar refractivity (Wildman–Crippen MR) is 149 cm³/mol. The number of benzene rings is 3. The van der Waals surface area contributed by atoms with Crippen LogP contribution < -0.4 is 9.64 Å². The number of hydrogen-bond acceptors (Lipinski definition) is 8.